The van der Waals surface area contributed by atoms with Gasteiger partial charge in [0.15, 0.2) is 5.67 Å². The Hall–Kier alpha value is -2.89. The van der Waals surface area contributed by atoms with Gasteiger partial charge in [0.05, 0.1) is 0 Å². The second kappa shape index (κ2) is 9.07. The van der Waals surface area contributed by atoms with Crippen LogP contribution in [0, 0.1) is 0 Å². The van der Waals surface area contributed by atoms with Crippen LogP contribution in [0.4, 0.5) is 9.18 Å². The van der Waals surface area contributed by atoms with E-state index < -0.39 is 35.5 Å². The Bertz CT molecular complexity index is 778. The molecule has 0 aliphatic rings. The van der Waals surface area contributed by atoms with Crippen molar-refractivity contribution < 1.29 is 23.5 Å². The Morgan fingerprint density at radius 1 is 0.897 bits per heavy atom. The van der Waals surface area contributed by atoms with E-state index >= 15 is 4.39 Å². The molecule has 2 rings (SSSR count). The number of carbonyl (C=O) groups is 2. The quantitative estimate of drug-likeness (QED) is 0.710. The van der Waals surface area contributed by atoms with Crippen LogP contribution in [0.1, 0.15) is 45.7 Å². The number of hydrogen-bond donors (Lipinski definition) is 1. The molecule has 1 N–H and O–H groups in total. The predicted octanol–water partition coefficient (Wildman–Crippen LogP) is 4.74. The predicted molar refractivity (Wildman–Crippen MR) is 109 cm³/mol. The number of amides is 1. The first-order chi connectivity index (χ1) is 13.5. The second-order valence-electron chi connectivity index (χ2n) is 7.89. The fourth-order valence-corrected chi connectivity index (χ4v) is 2.90. The van der Waals surface area contributed by atoms with Crippen molar-refractivity contribution in [3.63, 3.8) is 0 Å². The molecule has 2 aromatic carbocycles. The van der Waals surface area contributed by atoms with Crippen molar-refractivity contribution >= 4 is 12.1 Å². The van der Waals surface area contributed by atoms with Gasteiger partial charge in [0.1, 0.15) is 17.7 Å². The number of carbonyl (C=O) groups excluding carboxylic acids is 2. The van der Waals surface area contributed by atoms with E-state index in [0.717, 1.165) is 0 Å². The van der Waals surface area contributed by atoms with Gasteiger partial charge < -0.3 is 14.8 Å². The molecule has 0 bridgehead atoms. The first-order valence-electron chi connectivity index (χ1n) is 9.54. The third-order valence-electron chi connectivity index (χ3n) is 4.33. The number of halogens is 1. The molecule has 0 unspecified atom stereocenters. The average molecular weight is 401 g/mol. The summed E-state index contributed by atoms with van der Waals surface area (Å²) in [5.41, 5.74) is -2.00. The number of hydrogen-bond acceptors (Lipinski definition) is 4. The van der Waals surface area contributed by atoms with Crippen LogP contribution in [-0.4, -0.2) is 29.8 Å². The van der Waals surface area contributed by atoms with Crippen LogP contribution in [0.5, 0.6) is 0 Å². The maximum atomic E-state index is 16.4. The molecular weight excluding hydrogens is 373 g/mol. The second-order valence-corrected chi connectivity index (χ2v) is 7.89. The topological polar surface area (TPSA) is 64.6 Å². The summed E-state index contributed by atoms with van der Waals surface area (Å²) >= 11 is 0. The van der Waals surface area contributed by atoms with E-state index in [1.807, 2.05) is 0 Å². The Labute approximate surface area is 171 Å². The SMILES string of the molecule is C[C@H](NC(=O)OC(C)(C)C)C(=O)O[C@@H](C)C(F)(c1ccccc1)c1ccccc1. The molecule has 0 heterocycles. The Balaban J connectivity index is 2.19. The van der Waals surface area contributed by atoms with Crippen LogP contribution >= 0.6 is 0 Å². The number of rotatable bonds is 6. The third kappa shape index (κ3) is 5.79. The highest BCUT2D eigenvalue weighted by atomic mass is 19.1. The maximum Gasteiger partial charge on any atom is 0.408 e. The number of benzene rings is 2. The monoisotopic (exact) mass is 401 g/mol. The van der Waals surface area contributed by atoms with Crippen molar-refractivity contribution in [3.05, 3.63) is 71.8 Å². The van der Waals surface area contributed by atoms with Crippen molar-refractivity contribution in [3.8, 4) is 0 Å². The van der Waals surface area contributed by atoms with E-state index in [0.29, 0.717) is 11.1 Å². The number of nitrogens with one attached hydrogen (secondary N) is 1. The zero-order chi connectivity index (χ0) is 21.7. The van der Waals surface area contributed by atoms with E-state index in [4.69, 9.17) is 9.47 Å². The average Bonchev–Trinajstić information content (AvgIpc) is 2.67. The zero-order valence-electron chi connectivity index (χ0n) is 17.4. The summed E-state index contributed by atoms with van der Waals surface area (Å²) in [6.45, 7) is 8.11. The fourth-order valence-electron chi connectivity index (χ4n) is 2.90. The Morgan fingerprint density at radius 2 is 1.34 bits per heavy atom. The summed E-state index contributed by atoms with van der Waals surface area (Å²) in [6.07, 6.45) is -1.88. The molecule has 2 aromatic rings. The van der Waals surface area contributed by atoms with Gasteiger partial charge in [-0.15, -0.1) is 0 Å². The van der Waals surface area contributed by atoms with Crippen molar-refractivity contribution in [2.75, 3.05) is 0 Å². The van der Waals surface area contributed by atoms with E-state index in [1.54, 1.807) is 81.4 Å². The summed E-state index contributed by atoms with van der Waals surface area (Å²) in [5, 5.41) is 2.41. The van der Waals surface area contributed by atoms with Crippen LogP contribution in [0.25, 0.3) is 0 Å². The van der Waals surface area contributed by atoms with Crippen LogP contribution in [0.3, 0.4) is 0 Å². The molecule has 29 heavy (non-hydrogen) atoms. The molecule has 0 aliphatic carbocycles. The normalized spacial score (nSPS) is 13.9. The highest BCUT2D eigenvalue weighted by Gasteiger charge is 2.43. The smallest absolute Gasteiger partial charge is 0.408 e. The molecule has 0 saturated heterocycles. The lowest BCUT2D eigenvalue weighted by Gasteiger charge is -2.33. The molecular formula is C23H28FNO4. The summed E-state index contributed by atoms with van der Waals surface area (Å²) in [6, 6.07) is 16.1. The van der Waals surface area contributed by atoms with Gasteiger partial charge in [0.25, 0.3) is 0 Å². The fraction of sp³-hybridized carbons (Fsp3) is 0.391. The number of ether oxygens (including phenoxy) is 2. The van der Waals surface area contributed by atoms with Crippen LogP contribution in [0.2, 0.25) is 0 Å². The van der Waals surface area contributed by atoms with Crippen LogP contribution in [-0.2, 0) is 19.9 Å². The van der Waals surface area contributed by atoms with Gasteiger partial charge in [0, 0.05) is 0 Å². The number of alkyl carbamates (subject to hydrolysis) is 1. The first kappa shape index (κ1) is 22.4. The Kier molecular flexibility index (Phi) is 7.01. The van der Waals surface area contributed by atoms with E-state index in [-0.39, 0.29) is 0 Å². The van der Waals surface area contributed by atoms with Gasteiger partial charge in [-0.3, -0.25) is 0 Å². The van der Waals surface area contributed by atoms with E-state index in [9.17, 15) is 9.59 Å². The van der Waals surface area contributed by atoms with Crippen molar-refractivity contribution in [2.24, 2.45) is 0 Å². The lowest BCUT2D eigenvalue weighted by molar-refractivity contribution is -0.157. The maximum absolute atomic E-state index is 16.4. The zero-order valence-corrected chi connectivity index (χ0v) is 17.4. The lowest BCUT2D eigenvalue weighted by Crippen LogP contribution is -2.45. The molecule has 0 saturated carbocycles. The van der Waals surface area contributed by atoms with Crippen molar-refractivity contribution in [2.45, 2.75) is 58.0 Å². The highest BCUT2D eigenvalue weighted by Crippen LogP contribution is 2.38. The van der Waals surface area contributed by atoms with Crippen molar-refractivity contribution in [1.82, 2.24) is 5.32 Å². The van der Waals surface area contributed by atoms with Crippen molar-refractivity contribution in [1.29, 1.82) is 0 Å². The molecule has 0 fully saturated rings. The van der Waals surface area contributed by atoms with Gasteiger partial charge in [-0.25, -0.2) is 14.0 Å². The molecule has 0 aromatic heterocycles. The van der Waals surface area contributed by atoms with Crippen LogP contribution in [0.15, 0.2) is 60.7 Å². The van der Waals surface area contributed by atoms with Crippen LogP contribution < -0.4 is 5.32 Å². The molecule has 0 spiro atoms. The number of esters is 1. The minimum atomic E-state index is -2.05. The summed E-state index contributed by atoms with van der Waals surface area (Å²) in [7, 11) is 0. The number of alkyl halides is 1. The molecule has 156 valence electrons. The van der Waals surface area contributed by atoms with Gasteiger partial charge >= 0.3 is 12.1 Å². The summed E-state index contributed by atoms with van der Waals surface area (Å²) in [4.78, 5) is 24.4. The largest absolute Gasteiger partial charge is 0.457 e. The summed E-state index contributed by atoms with van der Waals surface area (Å²) < 4.78 is 26.9. The van der Waals surface area contributed by atoms with E-state index in [2.05, 4.69) is 5.32 Å². The molecule has 6 heteroatoms. The first-order valence-corrected chi connectivity index (χ1v) is 9.54. The third-order valence-corrected chi connectivity index (χ3v) is 4.33. The molecule has 0 radical (unpaired) electrons. The van der Waals surface area contributed by atoms with Gasteiger partial charge in [-0.2, -0.15) is 0 Å². The lowest BCUT2D eigenvalue weighted by atomic mass is 9.84. The summed E-state index contributed by atoms with van der Waals surface area (Å²) in [5.74, 6) is -0.753. The van der Waals surface area contributed by atoms with Gasteiger partial charge in [0.2, 0.25) is 0 Å². The standard InChI is InChI=1S/C23H28FNO4/c1-16(25-21(27)29-22(3,4)5)20(26)28-17(2)23(24,18-12-8-6-9-13-18)19-14-10-7-11-15-19/h6-17H,1-5H3,(H,25,27)/t16-,17-/m0/s1. The molecule has 5 nitrogen and oxygen atoms in total. The molecule has 1 amide bonds. The minimum Gasteiger partial charge on any atom is -0.457 e. The van der Waals surface area contributed by atoms with Gasteiger partial charge in [-0.05, 0) is 45.7 Å². The van der Waals surface area contributed by atoms with E-state index in [1.165, 1.54) is 13.8 Å². The minimum absolute atomic E-state index is 0.374. The van der Waals surface area contributed by atoms with Gasteiger partial charge in [-0.1, -0.05) is 60.7 Å². The Morgan fingerprint density at radius 3 is 1.76 bits per heavy atom. The molecule has 2 atom stereocenters. The molecule has 0 aliphatic heterocycles. The highest BCUT2D eigenvalue weighted by molar-refractivity contribution is 5.81.